The summed E-state index contributed by atoms with van der Waals surface area (Å²) in [7, 11) is 0. The fourth-order valence-corrected chi connectivity index (χ4v) is 3.12. The van der Waals surface area contributed by atoms with E-state index in [1.165, 1.54) is 0 Å². The van der Waals surface area contributed by atoms with Gasteiger partial charge in [0.1, 0.15) is 5.54 Å². The monoisotopic (exact) mass is 248 g/mol. The topological polar surface area (TPSA) is 50.2 Å². The highest BCUT2D eigenvalue weighted by Gasteiger charge is 2.44. The Morgan fingerprint density at radius 3 is 2.56 bits per heavy atom. The molecule has 98 valence electrons. The van der Waals surface area contributed by atoms with Crippen molar-refractivity contribution < 1.29 is 4.79 Å². The molecule has 0 aromatic carbocycles. The second-order valence-corrected chi connectivity index (χ2v) is 5.23. The molecule has 0 unspecified atom stereocenters. The van der Waals surface area contributed by atoms with E-state index in [1.807, 2.05) is 21.8 Å². The number of carbonyl (C=O) groups excluding carboxylic acids is 1. The van der Waals surface area contributed by atoms with E-state index in [0.29, 0.717) is 0 Å². The van der Waals surface area contributed by atoms with E-state index in [1.54, 1.807) is 6.20 Å². The minimum absolute atomic E-state index is 0.269. The molecule has 18 heavy (non-hydrogen) atoms. The third-order valence-electron chi connectivity index (χ3n) is 4.17. The Labute approximate surface area is 107 Å². The fraction of sp³-hybridized carbons (Fsp3) is 0.692. The summed E-state index contributed by atoms with van der Waals surface area (Å²) < 4.78 is 1.88. The molecule has 3 rings (SSSR count). The Hall–Kier alpha value is -1.36. The number of hydrogen-bond acceptors (Lipinski definition) is 3. The van der Waals surface area contributed by atoms with E-state index < -0.39 is 5.54 Å². The standard InChI is InChI=1S/C13H20N4O/c18-12(16-9-1-2-10-16)13(4-7-14-8-5-13)17-11-3-6-15-17/h3,6,11,14H,1-2,4-5,7-10H2. The molecule has 0 spiro atoms. The molecule has 2 saturated heterocycles. The molecule has 5 nitrogen and oxygen atoms in total. The molecule has 1 N–H and O–H groups in total. The molecular weight excluding hydrogens is 228 g/mol. The van der Waals surface area contributed by atoms with Gasteiger partial charge in [0.05, 0.1) is 0 Å². The summed E-state index contributed by atoms with van der Waals surface area (Å²) in [5.41, 5.74) is -0.445. The molecule has 2 fully saturated rings. The zero-order chi connectivity index (χ0) is 12.4. The van der Waals surface area contributed by atoms with Gasteiger partial charge in [0, 0.05) is 25.5 Å². The van der Waals surface area contributed by atoms with Crippen LogP contribution in [-0.4, -0.2) is 46.8 Å². The predicted molar refractivity (Wildman–Crippen MR) is 68.1 cm³/mol. The van der Waals surface area contributed by atoms with Gasteiger partial charge < -0.3 is 10.2 Å². The first-order valence-electron chi connectivity index (χ1n) is 6.83. The van der Waals surface area contributed by atoms with Crippen molar-refractivity contribution in [1.82, 2.24) is 20.0 Å². The van der Waals surface area contributed by atoms with Crippen LogP contribution < -0.4 is 5.32 Å². The van der Waals surface area contributed by atoms with Gasteiger partial charge in [-0.25, -0.2) is 0 Å². The summed E-state index contributed by atoms with van der Waals surface area (Å²) in [5, 5.41) is 7.68. The maximum absolute atomic E-state index is 12.9. The van der Waals surface area contributed by atoms with Crippen LogP contribution in [0.2, 0.25) is 0 Å². The first-order valence-corrected chi connectivity index (χ1v) is 6.83. The lowest BCUT2D eigenvalue weighted by molar-refractivity contribution is -0.142. The number of rotatable bonds is 2. The van der Waals surface area contributed by atoms with Crippen molar-refractivity contribution in [2.24, 2.45) is 0 Å². The lowest BCUT2D eigenvalue weighted by Crippen LogP contribution is -2.55. The van der Waals surface area contributed by atoms with Crippen LogP contribution in [0.5, 0.6) is 0 Å². The number of nitrogens with one attached hydrogen (secondary N) is 1. The third kappa shape index (κ3) is 1.82. The Kier molecular flexibility index (Phi) is 3.07. The number of carbonyl (C=O) groups is 1. The van der Waals surface area contributed by atoms with Gasteiger partial charge in [0.15, 0.2) is 0 Å². The molecule has 1 amide bonds. The summed E-state index contributed by atoms with van der Waals surface area (Å²) in [6.45, 7) is 3.60. The van der Waals surface area contributed by atoms with Crippen LogP contribution in [0.4, 0.5) is 0 Å². The minimum Gasteiger partial charge on any atom is -0.341 e. The van der Waals surface area contributed by atoms with Crippen molar-refractivity contribution in [3.63, 3.8) is 0 Å². The maximum atomic E-state index is 12.9. The van der Waals surface area contributed by atoms with Gasteiger partial charge in [-0.1, -0.05) is 0 Å². The number of amides is 1. The first-order chi connectivity index (χ1) is 8.83. The van der Waals surface area contributed by atoms with Crippen molar-refractivity contribution in [2.75, 3.05) is 26.2 Å². The van der Waals surface area contributed by atoms with Gasteiger partial charge >= 0.3 is 0 Å². The molecule has 0 radical (unpaired) electrons. The largest absolute Gasteiger partial charge is 0.341 e. The average Bonchev–Trinajstić information content (AvgIpc) is 3.11. The van der Waals surface area contributed by atoms with Crippen molar-refractivity contribution in [3.8, 4) is 0 Å². The number of aromatic nitrogens is 2. The molecule has 0 atom stereocenters. The van der Waals surface area contributed by atoms with E-state index in [0.717, 1.165) is 51.9 Å². The van der Waals surface area contributed by atoms with Crippen LogP contribution in [0, 0.1) is 0 Å². The molecule has 1 aromatic heterocycles. The number of nitrogens with zero attached hydrogens (tertiary/aromatic N) is 3. The summed E-state index contributed by atoms with van der Waals surface area (Å²) >= 11 is 0. The van der Waals surface area contributed by atoms with E-state index in [-0.39, 0.29) is 5.91 Å². The van der Waals surface area contributed by atoms with Crippen molar-refractivity contribution in [1.29, 1.82) is 0 Å². The highest BCUT2D eigenvalue weighted by Crippen LogP contribution is 2.30. The molecular formula is C13H20N4O. The van der Waals surface area contributed by atoms with Crippen molar-refractivity contribution >= 4 is 5.91 Å². The number of hydrogen-bond donors (Lipinski definition) is 1. The minimum atomic E-state index is -0.445. The van der Waals surface area contributed by atoms with E-state index in [9.17, 15) is 4.79 Å². The molecule has 0 bridgehead atoms. The third-order valence-corrected chi connectivity index (χ3v) is 4.17. The predicted octanol–water partition coefficient (Wildman–Crippen LogP) is 0.584. The highest BCUT2D eigenvalue weighted by atomic mass is 16.2. The SMILES string of the molecule is O=C(N1CCCC1)C1(n2cccn2)CCNCC1. The lowest BCUT2D eigenvalue weighted by atomic mass is 9.87. The number of piperidine rings is 1. The second-order valence-electron chi connectivity index (χ2n) is 5.23. The van der Waals surface area contributed by atoms with Gasteiger partial charge in [0.2, 0.25) is 0 Å². The summed E-state index contributed by atoms with van der Waals surface area (Å²) in [4.78, 5) is 14.9. The maximum Gasteiger partial charge on any atom is 0.250 e. The quantitative estimate of drug-likeness (QED) is 0.833. The zero-order valence-electron chi connectivity index (χ0n) is 10.6. The molecule has 3 heterocycles. The van der Waals surface area contributed by atoms with Crippen LogP contribution in [-0.2, 0) is 10.3 Å². The summed E-state index contributed by atoms with van der Waals surface area (Å²) in [5.74, 6) is 0.269. The molecule has 1 aromatic rings. The van der Waals surface area contributed by atoms with Gasteiger partial charge in [-0.3, -0.25) is 9.48 Å². The lowest BCUT2D eigenvalue weighted by Gasteiger charge is -2.39. The normalized spacial score (nSPS) is 23.2. The molecule has 2 aliphatic rings. The number of likely N-dealkylation sites (tertiary alicyclic amines) is 1. The summed E-state index contributed by atoms with van der Waals surface area (Å²) in [6.07, 6.45) is 7.65. The second kappa shape index (κ2) is 4.72. The van der Waals surface area contributed by atoms with Crippen LogP contribution >= 0.6 is 0 Å². The van der Waals surface area contributed by atoms with E-state index >= 15 is 0 Å². The van der Waals surface area contributed by atoms with Crippen LogP contribution in [0.15, 0.2) is 18.5 Å². The van der Waals surface area contributed by atoms with Crippen molar-refractivity contribution in [2.45, 2.75) is 31.2 Å². The Bertz CT molecular complexity index is 403. The van der Waals surface area contributed by atoms with Crippen molar-refractivity contribution in [3.05, 3.63) is 18.5 Å². The molecule has 5 heteroatoms. The Morgan fingerprint density at radius 2 is 1.94 bits per heavy atom. The van der Waals surface area contributed by atoms with E-state index in [4.69, 9.17) is 0 Å². The van der Waals surface area contributed by atoms with E-state index in [2.05, 4.69) is 10.4 Å². The highest BCUT2D eigenvalue weighted by molar-refractivity contribution is 5.84. The molecule has 0 saturated carbocycles. The zero-order valence-corrected chi connectivity index (χ0v) is 10.6. The fourth-order valence-electron chi connectivity index (χ4n) is 3.12. The molecule has 0 aliphatic carbocycles. The van der Waals surface area contributed by atoms with Crippen LogP contribution in [0.25, 0.3) is 0 Å². The van der Waals surface area contributed by atoms with Gasteiger partial charge in [-0.2, -0.15) is 5.10 Å². The average molecular weight is 248 g/mol. The van der Waals surface area contributed by atoms with Crippen LogP contribution in [0.1, 0.15) is 25.7 Å². The van der Waals surface area contributed by atoms with Gasteiger partial charge in [-0.05, 0) is 44.8 Å². The summed E-state index contributed by atoms with van der Waals surface area (Å²) in [6, 6.07) is 1.90. The van der Waals surface area contributed by atoms with Gasteiger partial charge in [-0.15, -0.1) is 0 Å². The molecule has 2 aliphatic heterocycles. The van der Waals surface area contributed by atoms with Gasteiger partial charge in [0.25, 0.3) is 5.91 Å². The Morgan fingerprint density at radius 1 is 1.22 bits per heavy atom. The van der Waals surface area contributed by atoms with Crippen LogP contribution in [0.3, 0.4) is 0 Å². The smallest absolute Gasteiger partial charge is 0.250 e. The first kappa shape index (κ1) is 11.7. The Balaban J connectivity index is 1.91.